The van der Waals surface area contributed by atoms with E-state index in [0.29, 0.717) is 25.5 Å². The van der Waals surface area contributed by atoms with Gasteiger partial charge in [0.15, 0.2) is 0 Å². The van der Waals surface area contributed by atoms with Gasteiger partial charge in [-0.25, -0.2) is 0 Å². The molecule has 0 radical (unpaired) electrons. The Morgan fingerprint density at radius 1 is 1.43 bits per heavy atom. The zero-order chi connectivity index (χ0) is 15.5. The van der Waals surface area contributed by atoms with E-state index in [-0.39, 0.29) is 17.9 Å². The van der Waals surface area contributed by atoms with Crippen LogP contribution in [0.3, 0.4) is 0 Å². The summed E-state index contributed by atoms with van der Waals surface area (Å²) in [6, 6.07) is -0.0321. The third kappa shape index (κ3) is 3.76. The van der Waals surface area contributed by atoms with Crippen LogP contribution in [0.4, 0.5) is 0 Å². The van der Waals surface area contributed by atoms with E-state index in [9.17, 15) is 9.59 Å². The van der Waals surface area contributed by atoms with E-state index in [1.165, 1.54) is 0 Å². The predicted octanol–water partition coefficient (Wildman–Crippen LogP) is 1.85. The van der Waals surface area contributed by atoms with Crippen molar-refractivity contribution < 1.29 is 14.3 Å². The van der Waals surface area contributed by atoms with Crippen molar-refractivity contribution in [2.45, 2.75) is 77.0 Å². The van der Waals surface area contributed by atoms with Crippen LogP contribution < -0.4 is 5.32 Å². The lowest BCUT2D eigenvalue weighted by Crippen LogP contribution is -2.55. The van der Waals surface area contributed by atoms with E-state index in [1.54, 1.807) is 0 Å². The van der Waals surface area contributed by atoms with Crippen molar-refractivity contribution in [3.05, 3.63) is 0 Å². The number of hydrogen-bond acceptors (Lipinski definition) is 3. The second-order valence-corrected chi connectivity index (χ2v) is 6.56. The van der Waals surface area contributed by atoms with Crippen molar-refractivity contribution in [3.63, 3.8) is 0 Å². The van der Waals surface area contributed by atoms with Gasteiger partial charge < -0.3 is 15.0 Å². The van der Waals surface area contributed by atoms with Gasteiger partial charge in [0.1, 0.15) is 5.54 Å². The molecule has 3 unspecified atom stereocenters. The van der Waals surface area contributed by atoms with Crippen LogP contribution in [0, 0.1) is 0 Å². The first-order chi connectivity index (χ1) is 9.96. The number of hydrogen-bond donors (Lipinski definition) is 1. The number of nitrogens with zero attached hydrogens (tertiary/aromatic N) is 1. The molecular formula is C16H28N2O3. The highest BCUT2D eigenvalue weighted by molar-refractivity contribution is 5.93. The Kier molecular flexibility index (Phi) is 5.25. The molecule has 0 aromatic rings. The van der Waals surface area contributed by atoms with Crippen LogP contribution >= 0.6 is 0 Å². The van der Waals surface area contributed by atoms with Crippen LogP contribution in [-0.2, 0) is 14.3 Å². The van der Waals surface area contributed by atoms with E-state index < -0.39 is 5.54 Å². The van der Waals surface area contributed by atoms with Crippen LogP contribution in [0.15, 0.2) is 0 Å². The van der Waals surface area contributed by atoms with E-state index in [0.717, 1.165) is 32.3 Å². The van der Waals surface area contributed by atoms with Crippen LogP contribution in [0.5, 0.6) is 0 Å². The Balaban J connectivity index is 1.97. The van der Waals surface area contributed by atoms with Crippen LogP contribution in [0.1, 0.15) is 59.3 Å². The number of carbonyl (C=O) groups excluding carboxylic acids is 2. The first-order valence-corrected chi connectivity index (χ1v) is 8.20. The fourth-order valence-corrected chi connectivity index (χ4v) is 3.23. The maximum atomic E-state index is 12.8. The predicted molar refractivity (Wildman–Crippen MR) is 80.8 cm³/mol. The lowest BCUT2D eigenvalue weighted by molar-refractivity contribution is -0.139. The lowest BCUT2D eigenvalue weighted by Gasteiger charge is -2.34. The highest BCUT2D eigenvalue weighted by Crippen LogP contribution is 2.23. The molecule has 5 nitrogen and oxygen atoms in total. The summed E-state index contributed by atoms with van der Waals surface area (Å²) < 4.78 is 5.63. The molecule has 0 aliphatic carbocycles. The molecule has 3 atom stereocenters. The summed E-state index contributed by atoms with van der Waals surface area (Å²) in [6.07, 6.45) is 5.59. The maximum Gasteiger partial charge on any atom is 0.248 e. The first-order valence-electron chi connectivity index (χ1n) is 8.20. The average molecular weight is 296 g/mol. The summed E-state index contributed by atoms with van der Waals surface area (Å²) in [5, 5.41) is 2.89. The number of carbonyl (C=O) groups is 2. The van der Waals surface area contributed by atoms with E-state index in [2.05, 4.69) is 5.32 Å². The SMILES string of the molecule is CCC1(C)NC(=O)CC(C)N(CCCC2CCCO2)C1=O. The molecule has 0 aromatic heterocycles. The molecule has 2 heterocycles. The topological polar surface area (TPSA) is 58.6 Å². The smallest absolute Gasteiger partial charge is 0.248 e. The molecule has 5 heteroatoms. The van der Waals surface area contributed by atoms with Crippen molar-refractivity contribution in [2.75, 3.05) is 13.2 Å². The number of nitrogens with one attached hydrogen (secondary N) is 1. The fraction of sp³-hybridized carbons (Fsp3) is 0.875. The van der Waals surface area contributed by atoms with E-state index >= 15 is 0 Å². The van der Waals surface area contributed by atoms with Crippen molar-refractivity contribution in [3.8, 4) is 0 Å². The molecule has 2 aliphatic rings. The van der Waals surface area contributed by atoms with Gasteiger partial charge in [0.25, 0.3) is 0 Å². The highest BCUT2D eigenvalue weighted by atomic mass is 16.5. The monoisotopic (exact) mass is 296 g/mol. The molecule has 0 aromatic carbocycles. The Labute approximate surface area is 127 Å². The van der Waals surface area contributed by atoms with Gasteiger partial charge >= 0.3 is 0 Å². The van der Waals surface area contributed by atoms with Gasteiger partial charge in [0.2, 0.25) is 11.8 Å². The summed E-state index contributed by atoms with van der Waals surface area (Å²) in [6.45, 7) is 7.32. The van der Waals surface area contributed by atoms with Crippen molar-refractivity contribution >= 4 is 11.8 Å². The van der Waals surface area contributed by atoms with Gasteiger partial charge in [0.05, 0.1) is 6.10 Å². The zero-order valence-corrected chi connectivity index (χ0v) is 13.5. The lowest BCUT2D eigenvalue weighted by atomic mass is 9.97. The Morgan fingerprint density at radius 3 is 2.81 bits per heavy atom. The molecule has 120 valence electrons. The van der Waals surface area contributed by atoms with Crippen molar-refractivity contribution in [1.82, 2.24) is 10.2 Å². The fourth-order valence-electron chi connectivity index (χ4n) is 3.23. The quantitative estimate of drug-likeness (QED) is 0.842. The molecule has 0 bridgehead atoms. The average Bonchev–Trinajstić information content (AvgIpc) is 2.92. The summed E-state index contributed by atoms with van der Waals surface area (Å²) in [5.74, 6) is 0.0255. The molecule has 0 saturated carbocycles. The number of ether oxygens (including phenoxy) is 1. The van der Waals surface area contributed by atoms with Gasteiger partial charge in [-0.05, 0) is 46.0 Å². The minimum atomic E-state index is -0.758. The van der Waals surface area contributed by atoms with Gasteiger partial charge in [-0.15, -0.1) is 0 Å². The second kappa shape index (κ2) is 6.77. The zero-order valence-electron chi connectivity index (χ0n) is 13.5. The Morgan fingerprint density at radius 2 is 2.19 bits per heavy atom. The van der Waals surface area contributed by atoms with Gasteiger partial charge in [-0.2, -0.15) is 0 Å². The first kappa shape index (κ1) is 16.3. The molecular weight excluding hydrogens is 268 g/mol. The van der Waals surface area contributed by atoms with E-state index in [1.807, 2.05) is 25.7 Å². The van der Waals surface area contributed by atoms with Gasteiger partial charge in [-0.1, -0.05) is 6.92 Å². The van der Waals surface area contributed by atoms with E-state index in [4.69, 9.17) is 4.74 Å². The van der Waals surface area contributed by atoms with Crippen LogP contribution in [0.25, 0.3) is 0 Å². The summed E-state index contributed by atoms with van der Waals surface area (Å²) >= 11 is 0. The molecule has 2 fully saturated rings. The summed E-state index contributed by atoms with van der Waals surface area (Å²) in [5.41, 5.74) is -0.758. The van der Waals surface area contributed by atoms with Crippen LogP contribution in [0.2, 0.25) is 0 Å². The molecule has 21 heavy (non-hydrogen) atoms. The third-order valence-electron chi connectivity index (χ3n) is 4.82. The molecule has 2 saturated heterocycles. The summed E-state index contributed by atoms with van der Waals surface area (Å²) in [4.78, 5) is 26.6. The van der Waals surface area contributed by atoms with Crippen molar-refractivity contribution in [2.24, 2.45) is 0 Å². The number of rotatable bonds is 5. The Hall–Kier alpha value is -1.10. The molecule has 1 N–H and O–H groups in total. The summed E-state index contributed by atoms with van der Waals surface area (Å²) in [7, 11) is 0. The van der Waals surface area contributed by atoms with Crippen molar-refractivity contribution in [1.29, 1.82) is 0 Å². The molecule has 2 aliphatic heterocycles. The minimum Gasteiger partial charge on any atom is -0.378 e. The Bertz CT molecular complexity index is 393. The molecule has 2 rings (SSSR count). The maximum absolute atomic E-state index is 12.8. The van der Waals surface area contributed by atoms with Crippen LogP contribution in [-0.4, -0.2) is 47.6 Å². The highest BCUT2D eigenvalue weighted by Gasteiger charge is 2.41. The van der Waals surface area contributed by atoms with Gasteiger partial charge in [-0.3, -0.25) is 9.59 Å². The third-order valence-corrected chi connectivity index (χ3v) is 4.82. The largest absolute Gasteiger partial charge is 0.378 e. The number of amides is 2. The molecule has 0 spiro atoms. The van der Waals surface area contributed by atoms with Gasteiger partial charge in [0, 0.05) is 25.6 Å². The second-order valence-electron chi connectivity index (χ2n) is 6.56. The standard InChI is InChI=1S/C16H28N2O3/c1-4-16(3)15(20)18(12(2)11-14(19)17-16)9-5-7-13-8-6-10-21-13/h12-13H,4-11H2,1-3H3,(H,17,19). The minimum absolute atomic E-state index is 0.0261. The molecule has 2 amide bonds. The normalized spacial score (nSPS) is 34.0.